The lowest BCUT2D eigenvalue weighted by Gasteiger charge is -2.27. The molecule has 1 fully saturated rings. The summed E-state index contributed by atoms with van der Waals surface area (Å²) in [6, 6.07) is 16.5. The zero-order valence-corrected chi connectivity index (χ0v) is 16.5. The Hall–Kier alpha value is -1.85. The van der Waals surface area contributed by atoms with Crippen molar-refractivity contribution in [1.82, 2.24) is 5.32 Å². The van der Waals surface area contributed by atoms with Crippen LogP contribution in [0.4, 0.5) is 0 Å². The average Bonchev–Trinajstić information content (AvgIpc) is 3.40. The number of fused-ring (bicyclic) bond motifs is 2. The Labute approximate surface area is 162 Å². The van der Waals surface area contributed by atoms with Gasteiger partial charge in [-0.05, 0) is 43.3 Å². The van der Waals surface area contributed by atoms with E-state index in [1.54, 1.807) is 0 Å². The van der Waals surface area contributed by atoms with Crippen molar-refractivity contribution >= 4 is 21.6 Å². The molecule has 0 saturated heterocycles. The van der Waals surface area contributed by atoms with Gasteiger partial charge in [0.05, 0.1) is 11.6 Å². The van der Waals surface area contributed by atoms with Gasteiger partial charge in [0.2, 0.25) is 0 Å². The number of ether oxygens (including phenoxy) is 1. The minimum absolute atomic E-state index is 0.243. The lowest BCUT2D eigenvalue weighted by molar-refractivity contribution is 0.134. The molecule has 0 radical (unpaired) electrons. The van der Waals surface area contributed by atoms with Crippen molar-refractivity contribution in [3.05, 3.63) is 64.1 Å². The topological polar surface area (TPSA) is 42.8 Å². The second-order valence-electron chi connectivity index (χ2n) is 6.77. The highest BCUT2D eigenvalue weighted by molar-refractivity contribution is 9.10. The van der Waals surface area contributed by atoms with Crippen molar-refractivity contribution in [2.24, 2.45) is 11.1 Å². The van der Waals surface area contributed by atoms with Crippen LogP contribution in [-0.2, 0) is 10.4 Å². The van der Waals surface area contributed by atoms with E-state index in [0.29, 0.717) is 6.61 Å². The Morgan fingerprint density at radius 3 is 2.92 bits per heavy atom. The molecule has 26 heavy (non-hydrogen) atoms. The number of oxime groups is 1. The van der Waals surface area contributed by atoms with Gasteiger partial charge in [-0.1, -0.05) is 58.3 Å². The maximum absolute atomic E-state index is 6.47. The number of hydrogen-bond acceptors (Lipinski definition) is 4. The second kappa shape index (κ2) is 7.41. The highest BCUT2D eigenvalue weighted by Crippen LogP contribution is 2.60. The second-order valence-corrected chi connectivity index (χ2v) is 7.69. The third kappa shape index (κ3) is 3.26. The molecule has 136 valence electrons. The molecule has 4 nitrogen and oxygen atoms in total. The maximum atomic E-state index is 6.47. The first-order valence-corrected chi connectivity index (χ1v) is 9.99. The largest absolute Gasteiger partial charge is 0.481 e. The molecule has 1 aliphatic heterocycles. The molecule has 2 aromatic carbocycles. The van der Waals surface area contributed by atoms with Crippen LogP contribution in [0.2, 0.25) is 0 Å². The van der Waals surface area contributed by atoms with E-state index in [0.717, 1.165) is 47.4 Å². The molecule has 0 bridgehead atoms. The van der Waals surface area contributed by atoms with Crippen LogP contribution in [0, 0.1) is 5.92 Å². The predicted molar refractivity (Wildman–Crippen MR) is 107 cm³/mol. The summed E-state index contributed by atoms with van der Waals surface area (Å²) in [7, 11) is 0. The summed E-state index contributed by atoms with van der Waals surface area (Å²) >= 11 is 3.55. The van der Waals surface area contributed by atoms with Crippen LogP contribution < -0.4 is 10.1 Å². The summed E-state index contributed by atoms with van der Waals surface area (Å²) in [6.45, 7) is 4.66. The fraction of sp³-hybridized carbons (Fsp3) is 0.381. The number of nitrogens with zero attached hydrogens (tertiary/aromatic N) is 1. The van der Waals surface area contributed by atoms with E-state index in [-0.39, 0.29) is 11.5 Å². The number of hydrogen-bond donors (Lipinski definition) is 1. The molecular weight excluding hydrogens is 392 g/mol. The maximum Gasteiger partial charge on any atom is 0.143 e. The molecule has 0 amide bonds. The summed E-state index contributed by atoms with van der Waals surface area (Å²) in [5.74, 6) is 1.11. The van der Waals surface area contributed by atoms with Gasteiger partial charge in [-0.2, -0.15) is 0 Å². The lowest BCUT2D eigenvalue weighted by atomic mass is 9.96. The van der Waals surface area contributed by atoms with Crippen molar-refractivity contribution in [3.63, 3.8) is 0 Å². The fourth-order valence-corrected chi connectivity index (χ4v) is 3.96. The Bertz CT molecular complexity index is 809. The van der Waals surface area contributed by atoms with Crippen molar-refractivity contribution < 1.29 is 9.57 Å². The molecule has 4 rings (SSSR count). The number of rotatable bonds is 7. The van der Waals surface area contributed by atoms with Crippen LogP contribution in [-0.4, -0.2) is 25.4 Å². The molecule has 0 aromatic heterocycles. The molecule has 2 aliphatic rings. The van der Waals surface area contributed by atoms with Gasteiger partial charge in [0, 0.05) is 16.5 Å². The zero-order valence-electron chi connectivity index (χ0n) is 14.9. The minimum atomic E-state index is -0.305. The molecule has 2 unspecified atom stereocenters. The number of benzene rings is 2. The number of nitrogens with one attached hydrogen (secondary N) is 1. The summed E-state index contributed by atoms with van der Waals surface area (Å²) in [6.07, 6.45) is 1.88. The molecular formula is C21H23BrN2O2. The summed E-state index contributed by atoms with van der Waals surface area (Å²) in [5, 5.41) is 7.84. The minimum Gasteiger partial charge on any atom is -0.481 e. The first kappa shape index (κ1) is 17.6. The van der Waals surface area contributed by atoms with E-state index in [4.69, 9.17) is 9.57 Å². The van der Waals surface area contributed by atoms with Gasteiger partial charge < -0.3 is 14.9 Å². The van der Waals surface area contributed by atoms with Crippen molar-refractivity contribution in [2.75, 3.05) is 19.7 Å². The van der Waals surface area contributed by atoms with Gasteiger partial charge >= 0.3 is 0 Å². The molecule has 2 atom stereocenters. The summed E-state index contributed by atoms with van der Waals surface area (Å²) in [4.78, 5) is 5.67. The fourth-order valence-electron chi connectivity index (χ4n) is 3.62. The van der Waals surface area contributed by atoms with Gasteiger partial charge in [-0.25, -0.2) is 0 Å². The SMILES string of the molecule is CCNCCCON=C1c2ccc(Br)cc2OC2(c3ccccc3)CC12. The molecule has 2 aromatic rings. The average molecular weight is 415 g/mol. The van der Waals surface area contributed by atoms with E-state index in [9.17, 15) is 0 Å². The van der Waals surface area contributed by atoms with E-state index in [1.165, 1.54) is 5.56 Å². The Balaban J connectivity index is 1.59. The zero-order chi connectivity index (χ0) is 18.0. The van der Waals surface area contributed by atoms with Crippen LogP contribution in [0.15, 0.2) is 58.2 Å². The number of halogens is 1. The highest BCUT2D eigenvalue weighted by atomic mass is 79.9. The van der Waals surface area contributed by atoms with E-state index < -0.39 is 0 Å². The van der Waals surface area contributed by atoms with Crippen LogP contribution in [0.5, 0.6) is 5.75 Å². The normalized spacial score (nSPS) is 24.5. The summed E-state index contributed by atoms with van der Waals surface area (Å²) < 4.78 is 7.48. The molecule has 5 heteroatoms. The molecule has 0 spiro atoms. The monoisotopic (exact) mass is 414 g/mol. The van der Waals surface area contributed by atoms with E-state index >= 15 is 0 Å². The summed E-state index contributed by atoms with van der Waals surface area (Å²) in [5.41, 5.74) is 2.94. The van der Waals surface area contributed by atoms with E-state index in [1.807, 2.05) is 18.2 Å². The smallest absolute Gasteiger partial charge is 0.143 e. The van der Waals surface area contributed by atoms with Gasteiger partial charge in [0.15, 0.2) is 0 Å². The lowest BCUT2D eigenvalue weighted by Crippen LogP contribution is -2.28. The predicted octanol–water partition coefficient (Wildman–Crippen LogP) is 4.48. The Morgan fingerprint density at radius 1 is 1.27 bits per heavy atom. The van der Waals surface area contributed by atoms with Crippen LogP contribution >= 0.6 is 15.9 Å². The first-order valence-electron chi connectivity index (χ1n) is 9.19. The quantitative estimate of drug-likeness (QED) is 0.536. The van der Waals surface area contributed by atoms with Crippen LogP contribution in [0.1, 0.15) is 30.9 Å². The van der Waals surface area contributed by atoms with E-state index in [2.05, 4.69) is 63.7 Å². The highest BCUT2D eigenvalue weighted by Gasteiger charge is 2.64. The molecule has 1 heterocycles. The van der Waals surface area contributed by atoms with Crippen molar-refractivity contribution in [1.29, 1.82) is 0 Å². The third-order valence-corrected chi connectivity index (χ3v) is 5.51. The van der Waals surface area contributed by atoms with Gasteiger partial charge in [0.25, 0.3) is 0 Å². The molecule has 1 N–H and O–H groups in total. The molecule has 1 saturated carbocycles. The van der Waals surface area contributed by atoms with Gasteiger partial charge in [-0.3, -0.25) is 0 Å². The first-order chi connectivity index (χ1) is 12.7. The third-order valence-electron chi connectivity index (χ3n) is 5.02. The van der Waals surface area contributed by atoms with Gasteiger partial charge in [-0.15, -0.1) is 0 Å². The standard InChI is InChI=1S/C21H23BrN2O2/c1-2-23-11-6-12-25-24-20-17-10-9-16(22)13-19(17)26-21(14-18(20)21)15-7-4-3-5-8-15/h3-5,7-10,13,18,23H,2,6,11-12,14H2,1H3. The Kier molecular flexibility index (Phi) is 5.00. The van der Waals surface area contributed by atoms with Crippen molar-refractivity contribution in [3.8, 4) is 5.75 Å². The van der Waals surface area contributed by atoms with Crippen molar-refractivity contribution in [2.45, 2.75) is 25.4 Å². The van der Waals surface area contributed by atoms with Crippen LogP contribution in [0.25, 0.3) is 0 Å². The molecule has 1 aliphatic carbocycles. The van der Waals surface area contributed by atoms with Crippen LogP contribution in [0.3, 0.4) is 0 Å². The van der Waals surface area contributed by atoms with Gasteiger partial charge in [0.1, 0.15) is 18.0 Å². The Morgan fingerprint density at radius 2 is 2.12 bits per heavy atom.